The van der Waals surface area contributed by atoms with Gasteiger partial charge in [0, 0.05) is 31.9 Å². The first kappa shape index (κ1) is 16.6. The molecule has 0 radical (unpaired) electrons. The molecule has 1 aromatic heterocycles. The predicted octanol–water partition coefficient (Wildman–Crippen LogP) is 3.08. The number of nitrogens with zero attached hydrogens (tertiary/aromatic N) is 3. The lowest BCUT2D eigenvalue weighted by Gasteiger charge is -2.33. The highest BCUT2D eigenvalue weighted by molar-refractivity contribution is 5.76. The van der Waals surface area contributed by atoms with Gasteiger partial charge in [-0.15, -0.1) is 0 Å². The lowest BCUT2D eigenvalue weighted by molar-refractivity contribution is -0.133. The Bertz CT molecular complexity index is 637. The highest BCUT2D eigenvalue weighted by atomic mass is 16.5. The van der Waals surface area contributed by atoms with E-state index in [-0.39, 0.29) is 5.91 Å². The average Bonchev–Trinajstić information content (AvgIpc) is 3.17. The lowest BCUT2D eigenvalue weighted by atomic mass is 10.0. The zero-order chi connectivity index (χ0) is 16.8. The fourth-order valence-corrected chi connectivity index (χ4v) is 3.29. The lowest BCUT2D eigenvalue weighted by Crippen LogP contribution is -2.40. The maximum atomic E-state index is 12.5. The second kappa shape index (κ2) is 7.99. The minimum Gasteiger partial charge on any atom is -0.497 e. The Kier molecular flexibility index (Phi) is 5.51. The van der Waals surface area contributed by atoms with Gasteiger partial charge in [-0.05, 0) is 49.4 Å². The van der Waals surface area contributed by atoms with Crippen LogP contribution in [0.2, 0.25) is 0 Å². The molecule has 5 nitrogen and oxygen atoms in total. The summed E-state index contributed by atoms with van der Waals surface area (Å²) in [7, 11) is 1.67. The van der Waals surface area contributed by atoms with Gasteiger partial charge in [-0.2, -0.15) is 5.10 Å². The quantitative estimate of drug-likeness (QED) is 0.819. The van der Waals surface area contributed by atoms with Gasteiger partial charge in [-0.1, -0.05) is 12.1 Å². The molecule has 1 saturated heterocycles. The molecule has 1 atom stereocenters. The number of methoxy groups -OCH3 is 1. The number of benzene rings is 1. The third-order valence-electron chi connectivity index (χ3n) is 4.66. The van der Waals surface area contributed by atoms with Gasteiger partial charge in [0.05, 0.1) is 13.2 Å². The molecule has 1 aliphatic heterocycles. The second-order valence-electron chi connectivity index (χ2n) is 6.32. The first-order valence-corrected chi connectivity index (χ1v) is 8.66. The molecular weight excluding hydrogens is 302 g/mol. The largest absolute Gasteiger partial charge is 0.497 e. The highest BCUT2D eigenvalue weighted by Gasteiger charge is 2.24. The van der Waals surface area contributed by atoms with Crippen molar-refractivity contribution in [2.45, 2.75) is 38.1 Å². The predicted molar refractivity (Wildman–Crippen MR) is 93.0 cm³/mol. The van der Waals surface area contributed by atoms with Gasteiger partial charge in [0.1, 0.15) is 5.75 Å². The Morgan fingerprint density at radius 1 is 1.33 bits per heavy atom. The number of aromatic nitrogens is 2. The van der Waals surface area contributed by atoms with Crippen LogP contribution in [0, 0.1) is 0 Å². The van der Waals surface area contributed by atoms with Gasteiger partial charge in [0.15, 0.2) is 0 Å². The number of hydrogen-bond acceptors (Lipinski definition) is 3. The van der Waals surface area contributed by atoms with Crippen molar-refractivity contribution in [1.82, 2.24) is 14.7 Å². The molecule has 0 spiro atoms. The fourth-order valence-electron chi connectivity index (χ4n) is 3.29. The molecular formula is C19H25N3O2. The smallest absolute Gasteiger partial charge is 0.222 e. The average molecular weight is 327 g/mol. The number of carbonyl (C=O) groups excluding carboxylic acids is 1. The summed E-state index contributed by atoms with van der Waals surface area (Å²) < 4.78 is 7.15. The molecule has 2 aromatic rings. The first-order valence-electron chi connectivity index (χ1n) is 8.66. The van der Waals surface area contributed by atoms with Crippen LogP contribution in [0.3, 0.4) is 0 Å². The van der Waals surface area contributed by atoms with Crippen LogP contribution < -0.4 is 4.74 Å². The van der Waals surface area contributed by atoms with Gasteiger partial charge < -0.3 is 9.64 Å². The van der Waals surface area contributed by atoms with E-state index < -0.39 is 0 Å². The highest BCUT2D eigenvalue weighted by Crippen LogP contribution is 2.21. The van der Waals surface area contributed by atoms with Crippen LogP contribution in [0.5, 0.6) is 5.75 Å². The molecule has 24 heavy (non-hydrogen) atoms. The molecule has 0 N–H and O–H groups in total. The number of carbonyl (C=O) groups is 1. The number of piperidine rings is 1. The monoisotopic (exact) mass is 327 g/mol. The third-order valence-corrected chi connectivity index (χ3v) is 4.66. The van der Waals surface area contributed by atoms with E-state index in [1.165, 1.54) is 5.56 Å². The van der Waals surface area contributed by atoms with Gasteiger partial charge in [0.25, 0.3) is 0 Å². The van der Waals surface area contributed by atoms with Crippen LogP contribution in [0.15, 0.2) is 42.7 Å². The van der Waals surface area contributed by atoms with E-state index >= 15 is 0 Å². The SMILES string of the molecule is COc1ccc(CCCC(=O)N2CCC[C@H](n3cccn3)C2)cc1. The Morgan fingerprint density at radius 3 is 2.88 bits per heavy atom. The van der Waals surface area contributed by atoms with E-state index in [4.69, 9.17) is 4.74 Å². The minimum atomic E-state index is 0.264. The molecule has 0 saturated carbocycles. The van der Waals surface area contributed by atoms with Gasteiger partial charge in [0.2, 0.25) is 5.91 Å². The van der Waals surface area contributed by atoms with Crippen LogP contribution in [-0.4, -0.2) is 40.8 Å². The first-order chi connectivity index (χ1) is 11.8. The van der Waals surface area contributed by atoms with Gasteiger partial charge in [-0.25, -0.2) is 0 Å². The molecule has 128 valence electrons. The van der Waals surface area contributed by atoms with E-state index in [2.05, 4.69) is 17.2 Å². The maximum absolute atomic E-state index is 12.5. The molecule has 0 bridgehead atoms. The maximum Gasteiger partial charge on any atom is 0.222 e. The molecule has 5 heteroatoms. The van der Waals surface area contributed by atoms with Crippen molar-refractivity contribution in [2.75, 3.05) is 20.2 Å². The van der Waals surface area contributed by atoms with Crippen molar-refractivity contribution >= 4 is 5.91 Å². The van der Waals surface area contributed by atoms with Crippen LogP contribution >= 0.6 is 0 Å². The number of rotatable bonds is 6. The summed E-state index contributed by atoms with van der Waals surface area (Å²) in [4.78, 5) is 14.5. The molecule has 2 heterocycles. The Labute approximate surface area is 143 Å². The van der Waals surface area contributed by atoms with E-state index in [1.807, 2.05) is 34.0 Å². The van der Waals surface area contributed by atoms with Gasteiger partial charge >= 0.3 is 0 Å². The summed E-state index contributed by atoms with van der Waals surface area (Å²) in [6, 6.07) is 10.3. The van der Waals surface area contributed by atoms with Crippen molar-refractivity contribution in [1.29, 1.82) is 0 Å². The standard InChI is InChI=1S/C19H25N3O2/c1-24-18-10-8-16(9-11-18)5-2-7-19(23)21-13-3-6-17(15-21)22-14-4-12-20-22/h4,8-12,14,17H,2-3,5-7,13,15H2,1H3/t17-/m0/s1. The number of hydrogen-bond donors (Lipinski definition) is 0. The zero-order valence-electron chi connectivity index (χ0n) is 14.2. The Balaban J connectivity index is 1.45. The topological polar surface area (TPSA) is 47.4 Å². The summed E-state index contributed by atoms with van der Waals surface area (Å²) in [6.07, 6.45) is 8.35. The van der Waals surface area contributed by atoms with Crippen LogP contribution in [0.4, 0.5) is 0 Å². The summed E-state index contributed by atoms with van der Waals surface area (Å²) in [5.74, 6) is 1.13. The van der Waals surface area contributed by atoms with E-state index in [0.29, 0.717) is 12.5 Å². The van der Waals surface area contributed by atoms with Crippen molar-refractivity contribution in [3.8, 4) is 5.75 Å². The molecule has 3 rings (SSSR count). The number of amides is 1. The molecule has 1 aromatic carbocycles. The van der Waals surface area contributed by atoms with E-state index in [0.717, 1.165) is 44.5 Å². The summed E-state index contributed by atoms with van der Waals surface area (Å²) in [5, 5.41) is 4.32. The minimum absolute atomic E-state index is 0.264. The number of ether oxygens (including phenoxy) is 1. The van der Waals surface area contributed by atoms with Gasteiger partial charge in [-0.3, -0.25) is 9.48 Å². The van der Waals surface area contributed by atoms with Crippen LogP contribution in [0.1, 0.15) is 37.3 Å². The Hall–Kier alpha value is -2.30. The molecule has 0 aliphatic carbocycles. The van der Waals surface area contributed by atoms with Crippen molar-refractivity contribution < 1.29 is 9.53 Å². The molecule has 1 fully saturated rings. The molecule has 1 amide bonds. The zero-order valence-corrected chi connectivity index (χ0v) is 14.2. The van der Waals surface area contributed by atoms with Crippen molar-refractivity contribution in [2.24, 2.45) is 0 Å². The van der Waals surface area contributed by atoms with E-state index in [1.54, 1.807) is 13.3 Å². The fraction of sp³-hybridized carbons (Fsp3) is 0.474. The summed E-state index contributed by atoms with van der Waals surface area (Å²) >= 11 is 0. The van der Waals surface area contributed by atoms with Crippen molar-refractivity contribution in [3.63, 3.8) is 0 Å². The normalized spacial score (nSPS) is 17.7. The van der Waals surface area contributed by atoms with Crippen LogP contribution in [-0.2, 0) is 11.2 Å². The summed E-state index contributed by atoms with van der Waals surface area (Å²) in [5.41, 5.74) is 1.25. The molecule has 1 aliphatic rings. The second-order valence-corrected chi connectivity index (χ2v) is 6.32. The Morgan fingerprint density at radius 2 is 2.17 bits per heavy atom. The van der Waals surface area contributed by atoms with Crippen molar-refractivity contribution in [3.05, 3.63) is 48.3 Å². The van der Waals surface area contributed by atoms with Crippen LogP contribution in [0.25, 0.3) is 0 Å². The third kappa shape index (κ3) is 4.16. The van der Waals surface area contributed by atoms with E-state index in [9.17, 15) is 4.79 Å². The summed E-state index contributed by atoms with van der Waals surface area (Å²) in [6.45, 7) is 1.65. The number of aryl methyl sites for hydroxylation is 1. The molecule has 0 unspecified atom stereocenters. The number of likely N-dealkylation sites (tertiary alicyclic amines) is 1.